The summed E-state index contributed by atoms with van der Waals surface area (Å²) in [5.74, 6) is -0.591. The third-order valence-electron chi connectivity index (χ3n) is 6.58. The van der Waals surface area contributed by atoms with E-state index in [9.17, 15) is 18.0 Å². The summed E-state index contributed by atoms with van der Waals surface area (Å²) in [5.41, 5.74) is 2.91. The van der Waals surface area contributed by atoms with E-state index < -0.39 is 28.5 Å². The normalized spacial score (nSPS) is 12.2. The number of hydrogen-bond acceptors (Lipinski definition) is 4. The fourth-order valence-electron chi connectivity index (χ4n) is 4.36. The molecule has 0 aromatic heterocycles. The Morgan fingerprint density at radius 3 is 2.17 bits per heavy atom. The predicted molar refractivity (Wildman–Crippen MR) is 166 cm³/mol. The first-order chi connectivity index (χ1) is 19.3. The molecule has 0 bridgehead atoms. The second-order valence-corrected chi connectivity index (χ2v) is 13.2. The third-order valence-corrected chi connectivity index (χ3v) is 9.11. The van der Waals surface area contributed by atoms with Gasteiger partial charge >= 0.3 is 0 Å². The van der Waals surface area contributed by atoms with E-state index in [1.807, 2.05) is 58.9 Å². The number of rotatable bonds is 12. The Morgan fingerprint density at radius 1 is 0.902 bits per heavy atom. The van der Waals surface area contributed by atoms with Crippen LogP contribution >= 0.6 is 23.2 Å². The predicted octanol–water partition coefficient (Wildman–Crippen LogP) is 6.39. The van der Waals surface area contributed by atoms with Crippen LogP contribution in [0, 0.1) is 19.8 Å². The SMILES string of the molecule is CC[C@@H](C(=O)NCC(C)C)N(Cc1cccc(C)c1)C(=O)CN(c1ccc(Cl)c(Cl)c1)S(=O)(=O)c1ccc(C)cc1. The lowest BCUT2D eigenvalue weighted by Gasteiger charge is -2.33. The number of amides is 2. The lowest BCUT2D eigenvalue weighted by atomic mass is 10.1. The van der Waals surface area contributed by atoms with Gasteiger partial charge < -0.3 is 10.2 Å². The van der Waals surface area contributed by atoms with E-state index in [-0.39, 0.29) is 39.0 Å². The maximum Gasteiger partial charge on any atom is 0.264 e. The van der Waals surface area contributed by atoms with Crippen LogP contribution in [0.1, 0.15) is 43.9 Å². The summed E-state index contributed by atoms with van der Waals surface area (Å²) >= 11 is 12.4. The van der Waals surface area contributed by atoms with Crippen molar-refractivity contribution in [3.63, 3.8) is 0 Å². The number of benzene rings is 3. The number of carbonyl (C=O) groups is 2. The van der Waals surface area contributed by atoms with Crippen molar-refractivity contribution in [2.45, 2.75) is 58.5 Å². The summed E-state index contributed by atoms with van der Waals surface area (Å²) in [6, 6.07) is 17.6. The zero-order valence-electron chi connectivity index (χ0n) is 24.0. The minimum atomic E-state index is -4.20. The molecule has 3 rings (SSSR count). The molecule has 1 N–H and O–H groups in total. The maximum atomic E-state index is 14.1. The van der Waals surface area contributed by atoms with Crippen molar-refractivity contribution in [2.75, 3.05) is 17.4 Å². The van der Waals surface area contributed by atoms with Gasteiger partial charge in [-0.15, -0.1) is 0 Å². The highest BCUT2D eigenvalue weighted by molar-refractivity contribution is 7.92. The molecule has 3 aromatic carbocycles. The maximum absolute atomic E-state index is 14.1. The Kier molecular flexibility index (Phi) is 11.2. The van der Waals surface area contributed by atoms with Gasteiger partial charge in [-0.2, -0.15) is 0 Å². The highest BCUT2D eigenvalue weighted by atomic mass is 35.5. The van der Waals surface area contributed by atoms with Crippen LogP contribution in [0.25, 0.3) is 0 Å². The van der Waals surface area contributed by atoms with Gasteiger partial charge in [0, 0.05) is 13.1 Å². The molecule has 220 valence electrons. The molecular formula is C31H37Cl2N3O4S. The summed E-state index contributed by atoms with van der Waals surface area (Å²) in [6.07, 6.45) is 0.346. The van der Waals surface area contributed by atoms with E-state index in [4.69, 9.17) is 23.2 Å². The van der Waals surface area contributed by atoms with Crippen molar-refractivity contribution in [1.82, 2.24) is 10.2 Å². The van der Waals surface area contributed by atoms with E-state index >= 15 is 0 Å². The molecule has 0 spiro atoms. The smallest absolute Gasteiger partial charge is 0.264 e. The second kappa shape index (κ2) is 14.2. The largest absolute Gasteiger partial charge is 0.354 e. The molecule has 0 fully saturated rings. The Labute approximate surface area is 253 Å². The van der Waals surface area contributed by atoms with Gasteiger partial charge in [0.1, 0.15) is 12.6 Å². The molecule has 3 aromatic rings. The molecule has 0 aliphatic heterocycles. The van der Waals surface area contributed by atoms with Crippen LogP contribution in [0.5, 0.6) is 0 Å². The molecule has 0 unspecified atom stereocenters. The minimum absolute atomic E-state index is 0.0222. The number of aryl methyl sites for hydroxylation is 2. The molecule has 0 radical (unpaired) electrons. The highest BCUT2D eigenvalue weighted by Crippen LogP contribution is 2.31. The Bertz CT molecular complexity index is 1480. The van der Waals surface area contributed by atoms with Crippen LogP contribution in [-0.4, -0.2) is 44.3 Å². The first kappa shape index (κ1) is 32.4. The van der Waals surface area contributed by atoms with Crippen LogP contribution in [-0.2, 0) is 26.2 Å². The van der Waals surface area contributed by atoms with Crippen LogP contribution in [0.2, 0.25) is 10.0 Å². The van der Waals surface area contributed by atoms with Gasteiger partial charge in [-0.3, -0.25) is 13.9 Å². The average molecular weight is 619 g/mol. The quantitative estimate of drug-likeness (QED) is 0.255. The van der Waals surface area contributed by atoms with Gasteiger partial charge in [0.05, 0.1) is 20.6 Å². The fraction of sp³-hybridized carbons (Fsp3) is 0.355. The molecule has 0 heterocycles. The fourth-order valence-corrected chi connectivity index (χ4v) is 6.05. The summed E-state index contributed by atoms with van der Waals surface area (Å²) in [5, 5.41) is 3.33. The van der Waals surface area contributed by atoms with Gasteiger partial charge in [0.25, 0.3) is 10.0 Å². The molecule has 7 nitrogen and oxygen atoms in total. The molecule has 41 heavy (non-hydrogen) atoms. The van der Waals surface area contributed by atoms with Crippen molar-refractivity contribution in [1.29, 1.82) is 0 Å². The first-order valence-electron chi connectivity index (χ1n) is 13.5. The minimum Gasteiger partial charge on any atom is -0.354 e. The van der Waals surface area contributed by atoms with Crippen molar-refractivity contribution >= 4 is 50.7 Å². The van der Waals surface area contributed by atoms with E-state index in [1.165, 1.54) is 35.2 Å². The number of hydrogen-bond donors (Lipinski definition) is 1. The lowest BCUT2D eigenvalue weighted by Crippen LogP contribution is -2.52. The van der Waals surface area contributed by atoms with E-state index in [0.29, 0.717) is 13.0 Å². The van der Waals surface area contributed by atoms with Gasteiger partial charge in [0.2, 0.25) is 11.8 Å². The van der Waals surface area contributed by atoms with Crippen molar-refractivity contribution in [3.05, 3.63) is 93.5 Å². The molecule has 1 atom stereocenters. The van der Waals surface area contributed by atoms with Crippen LogP contribution in [0.4, 0.5) is 5.69 Å². The molecular weight excluding hydrogens is 581 g/mol. The van der Waals surface area contributed by atoms with E-state index in [1.54, 1.807) is 12.1 Å². The number of anilines is 1. The van der Waals surface area contributed by atoms with Crippen molar-refractivity contribution < 1.29 is 18.0 Å². The third kappa shape index (κ3) is 8.47. The topological polar surface area (TPSA) is 86.8 Å². The van der Waals surface area contributed by atoms with Crippen LogP contribution in [0.15, 0.2) is 71.6 Å². The number of sulfonamides is 1. The van der Waals surface area contributed by atoms with Gasteiger partial charge in [-0.25, -0.2) is 8.42 Å². The Morgan fingerprint density at radius 2 is 1.59 bits per heavy atom. The zero-order valence-corrected chi connectivity index (χ0v) is 26.4. The van der Waals surface area contributed by atoms with E-state index in [0.717, 1.165) is 21.0 Å². The van der Waals surface area contributed by atoms with Crippen LogP contribution < -0.4 is 9.62 Å². The van der Waals surface area contributed by atoms with Crippen molar-refractivity contribution in [2.24, 2.45) is 5.92 Å². The summed E-state index contributed by atoms with van der Waals surface area (Å²) in [7, 11) is -4.20. The molecule has 0 aliphatic carbocycles. The van der Waals surface area contributed by atoms with E-state index in [2.05, 4.69) is 5.32 Å². The summed E-state index contributed by atoms with van der Waals surface area (Å²) < 4.78 is 28.9. The number of halogens is 2. The first-order valence-corrected chi connectivity index (χ1v) is 15.7. The zero-order chi connectivity index (χ0) is 30.3. The molecule has 10 heteroatoms. The lowest BCUT2D eigenvalue weighted by molar-refractivity contribution is -0.140. The molecule has 0 aliphatic rings. The van der Waals surface area contributed by atoms with Crippen LogP contribution in [0.3, 0.4) is 0 Å². The Balaban J connectivity index is 2.07. The Hall–Kier alpha value is -3.07. The van der Waals surface area contributed by atoms with Gasteiger partial charge in [-0.1, -0.05) is 91.5 Å². The monoisotopic (exact) mass is 617 g/mol. The standard InChI is InChI=1S/C31H37Cl2N3O4S/c1-6-29(31(38)34-18-21(2)3)35(19-24-9-7-8-23(5)16-24)30(37)20-36(25-12-15-27(32)28(33)17-25)41(39,40)26-13-10-22(4)11-14-26/h7-17,21,29H,6,18-20H2,1-5H3,(H,34,38)/t29-/m0/s1. The second-order valence-electron chi connectivity index (χ2n) is 10.5. The number of nitrogens with zero attached hydrogens (tertiary/aromatic N) is 2. The summed E-state index contributed by atoms with van der Waals surface area (Å²) in [4.78, 5) is 28.9. The summed E-state index contributed by atoms with van der Waals surface area (Å²) in [6.45, 7) is 9.65. The molecule has 0 saturated heterocycles. The highest BCUT2D eigenvalue weighted by Gasteiger charge is 2.34. The number of carbonyl (C=O) groups excluding carboxylic acids is 2. The van der Waals surface area contributed by atoms with Crippen molar-refractivity contribution in [3.8, 4) is 0 Å². The molecule has 2 amide bonds. The van der Waals surface area contributed by atoms with Gasteiger partial charge in [-0.05, 0) is 62.1 Å². The van der Waals surface area contributed by atoms with Gasteiger partial charge in [0.15, 0.2) is 0 Å². The number of nitrogens with one attached hydrogen (secondary N) is 1. The molecule has 0 saturated carbocycles. The average Bonchev–Trinajstić information content (AvgIpc) is 2.92.